The van der Waals surface area contributed by atoms with E-state index in [2.05, 4.69) is 6.92 Å². The van der Waals surface area contributed by atoms with Crippen molar-refractivity contribution in [3.63, 3.8) is 0 Å². The van der Waals surface area contributed by atoms with Crippen molar-refractivity contribution in [2.24, 2.45) is 0 Å². The van der Waals surface area contributed by atoms with Gasteiger partial charge in [0.2, 0.25) is 0 Å². The van der Waals surface area contributed by atoms with Crippen LogP contribution in [0.15, 0.2) is 54.1 Å². The van der Waals surface area contributed by atoms with Crippen LogP contribution in [0.25, 0.3) is 5.76 Å². The topological polar surface area (TPSA) is 85.3 Å². The molecule has 1 fully saturated rings. The summed E-state index contributed by atoms with van der Waals surface area (Å²) < 4.78 is 16.9. The Kier molecular flexibility index (Phi) is 9.10. The molecule has 1 amide bonds. The highest BCUT2D eigenvalue weighted by atomic mass is 16.5. The first-order valence-corrected chi connectivity index (χ1v) is 11.8. The summed E-state index contributed by atoms with van der Waals surface area (Å²) in [5.41, 5.74) is 1.17. The summed E-state index contributed by atoms with van der Waals surface area (Å²) >= 11 is 0. The molecule has 3 rings (SSSR count). The number of nitrogens with zero attached hydrogens (tertiary/aromatic N) is 1. The number of unbranched alkanes of at least 4 members (excludes halogenated alkanes) is 2. The van der Waals surface area contributed by atoms with Crippen LogP contribution in [0.5, 0.6) is 11.5 Å². The molecule has 2 aromatic carbocycles. The average molecular weight is 468 g/mol. The van der Waals surface area contributed by atoms with Crippen LogP contribution >= 0.6 is 0 Å². The summed E-state index contributed by atoms with van der Waals surface area (Å²) in [5, 5.41) is 11.1. The molecule has 0 saturated carbocycles. The summed E-state index contributed by atoms with van der Waals surface area (Å²) in [4.78, 5) is 27.4. The van der Waals surface area contributed by atoms with Crippen molar-refractivity contribution in [2.45, 2.75) is 39.2 Å². The van der Waals surface area contributed by atoms with Crippen molar-refractivity contribution < 1.29 is 28.9 Å². The predicted molar refractivity (Wildman–Crippen MR) is 130 cm³/mol. The molecule has 1 N–H and O–H groups in total. The monoisotopic (exact) mass is 467 g/mol. The Balaban J connectivity index is 2.06. The summed E-state index contributed by atoms with van der Waals surface area (Å²) in [6.45, 7) is 5.49. The van der Waals surface area contributed by atoms with Crippen LogP contribution in [0.3, 0.4) is 0 Å². The van der Waals surface area contributed by atoms with E-state index in [1.165, 1.54) is 12.0 Å². The summed E-state index contributed by atoms with van der Waals surface area (Å²) in [5.74, 6) is -0.452. The van der Waals surface area contributed by atoms with Gasteiger partial charge in [0, 0.05) is 19.2 Å². The maximum atomic E-state index is 13.1. The minimum absolute atomic E-state index is 0.0476. The van der Waals surface area contributed by atoms with Gasteiger partial charge in [0.05, 0.1) is 31.4 Å². The maximum absolute atomic E-state index is 13.1. The molecular weight excluding hydrogens is 434 g/mol. The van der Waals surface area contributed by atoms with Crippen molar-refractivity contribution in [2.75, 3.05) is 33.5 Å². The first-order valence-electron chi connectivity index (χ1n) is 11.8. The minimum Gasteiger partial charge on any atom is -0.507 e. The van der Waals surface area contributed by atoms with Crippen molar-refractivity contribution in [3.8, 4) is 11.5 Å². The van der Waals surface area contributed by atoms with E-state index in [1.54, 1.807) is 36.4 Å². The van der Waals surface area contributed by atoms with E-state index in [4.69, 9.17) is 14.2 Å². The van der Waals surface area contributed by atoms with Gasteiger partial charge >= 0.3 is 0 Å². The second-order valence-corrected chi connectivity index (χ2v) is 8.05. The zero-order chi connectivity index (χ0) is 24.5. The smallest absolute Gasteiger partial charge is 0.295 e. The van der Waals surface area contributed by atoms with Crippen LogP contribution in [-0.2, 0) is 14.3 Å². The van der Waals surface area contributed by atoms with Crippen molar-refractivity contribution in [1.29, 1.82) is 0 Å². The highest BCUT2D eigenvalue weighted by Gasteiger charge is 2.46. The lowest BCUT2D eigenvalue weighted by Gasteiger charge is -2.26. The number of hydrogen-bond donors (Lipinski definition) is 1. The molecule has 1 unspecified atom stereocenters. The van der Waals surface area contributed by atoms with Gasteiger partial charge in [0.25, 0.3) is 11.7 Å². The fourth-order valence-corrected chi connectivity index (χ4v) is 4.01. The number of carbonyl (C=O) groups is 2. The summed E-state index contributed by atoms with van der Waals surface area (Å²) in [7, 11) is 1.54. The summed E-state index contributed by atoms with van der Waals surface area (Å²) in [6.07, 6.45) is 3.12. The molecular formula is C27H33NO6. The normalized spacial score (nSPS) is 17.3. The van der Waals surface area contributed by atoms with Crippen molar-refractivity contribution >= 4 is 17.4 Å². The molecule has 2 aromatic rings. The maximum Gasteiger partial charge on any atom is 0.295 e. The molecule has 0 radical (unpaired) electrons. The van der Waals surface area contributed by atoms with E-state index in [0.717, 1.165) is 19.3 Å². The average Bonchev–Trinajstić information content (AvgIpc) is 3.11. The van der Waals surface area contributed by atoms with Crippen molar-refractivity contribution in [3.05, 3.63) is 65.2 Å². The van der Waals surface area contributed by atoms with E-state index in [1.807, 2.05) is 19.1 Å². The lowest BCUT2D eigenvalue weighted by molar-refractivity contribution is -0.140. The van der Waals surface area contributed by atoms with Crippen molar-refractivity contribution in [1.82, 2.24) is 4.90 Å². The van der Waals surface area contributed by atoms with Crippen LogP contribution in [0.1, 0.15) is 50.3 Å². The summed E-state index contributed by atoms with van der Waals surface area (Å²) in [6, 6.07) is 13.4. The minimum atomic E-state index is -0.774. The number of Topliss-reactive ketones (excluding diaryl/α,β-unsaturated/α-hetero) is 1. The van der Waals surface area contributed by atoms with E-state index >= 15 is 0 Å². The quantitative estimate of drug-likeness (QED) is 0.210. The van der Waals surface area contributed by atoms with Crippen LogP contribution < -0.4 is 9.47 Å². The van der Waals surface area contributed by atoms with Gasteiger partial charge < -0.3 is 24.2 Å². The second-order valence-electron chi connectivity index (χ2n) is 8.05. The fourth-order valence-electron chi connectivity index (χ4n) is 4.01. The van der Waals surface area contributed by atoms with E-state index in [-0.39, 0.29) is 24.5 Å². The third-order valence-corrected chi connectivity index (χ3v) is 5.71. The molecule has 34 heavy (non-hydrogen) atoms. The Bertz CT molecular complexity index is 1020. The van der Waals surface area contributed by atoms with Gasteiger partial charge in [-0.3, -0.25) is 9.59 Å². The lowest BCUT2D eigenvalue weighted by atomic mass is 9.95. The number of ether oxygens (including phenoxy) is 3. The number of aliphatic hydroxyl groups excluding tert-OH is 1. The van der Waals surface area contributed by atoms with Gasteiger partial charge in [-0.25, -0.2) is 0 Å². The molecule has 1 atom stereocenters. The highest BCUT2D eigenvalue weighted by molar-refractivity contribution is 6.46. The number of aliphatic hydroxyl groups is 1. The number of amides is 1. The third-order valence-electron chi connectivity index (χ3n) is 5.71. The molecule has 0 aromatic heterocycles. The molecule has 1 saturated heterocycles. The molecule has 1 heterocycles. The fraction of sp³-hybridized carbons (Fsp3) is 0.407. The van der Waals surface area contributed by atoms with Gasteiger partial charge in [-0.05, 0) is 31.0 Å². The number of likely N-dealkylation sites (tertiary alicyclic amines) is 1. The Morgan fingerprint density at radius 1 is 0.971 bits per heavy atom. The molecule has 7 nitrogen and oxygen atoms in total. The van der Waals surface area contributed by atoms with Crippen LogP contribution in [0, 0.1) is 0 Å². The molecule has 182 valence electrons. The van der Waals surface area contributed by atoms with E-state index < -0.39 is 17.7 Å². The molecule has 0 spiro atoms. The standard InChI is InChI=1S/C27H33NO6/c1-4-6-10-16-34-21-14-13-20(18-22(21)33-5-2)24-23(25(29)19-11-8-7-9-12-19)26(30)27(31)28(24)15-17-32-3/h7-9,11-14,18,24,29H,4-6,10,15-17H2,1-3H3. The SMILES string of the molecule is CCCCCOc1ccc(C2C(=C(O)c3ccccc3)C(=O)C(=O)N2CCOC)cc1OCC. The number of hydrogen-bond acceptors (Lipinski definition) is 6. The van der Waals surface area contributed by atoms with Crippen LogP contribution in [0.4, 0.5) is 0 Å². The number of ketones is 1. The number of methoxy groups -OCH3 is 1. The number of benzene rings is 2. The lowest BCUT2D eigenvalue weighted by Crippen LogP contribution is -2.32. The predicted octanol–water partition coefficient (Wildman–Crippen LogP) is 4.72. The zero-order valence-corrected chi connectivity index (χ0v) is 20.1. The van der Waals surface area contributed by atoms with E-state index in [9.17, 15) is 14.7 Å². The number of carbonyl (C=O) groups excluding carboxylic acids is 2. The Labute approximate surface area is 200 Å². The number of rotatable bonds is 12. The first-order chi connectivity index (χ1) is 16.5. The molecule has 7 heteroatoms. The Hall–Kier alpha value is -3.32. The van der Waals surface area contributed by atoms with Gasteiger partial charge in [-0.15, -0.1) is 0 Å². The Morgan fingerprint density at radius 2 is 1.74 bits per heavy atom. The van der Waals surface area contributed by atoms with Gasteiger partial charge in [0.15, 0.2) is 11.5 Å². The van der Waals surface area contributed by atoms with E-state index in [0.29, 0.717) is 35.8 Å². The van der Waals surface area contributed by atoms with Gasteiger partial charge in [0.1, 0.15) is 5.76 Å². The van der Waals surface area contributed by atoms with Crippen LogP contribution in [-0.4, -0.2) is 55.2 Å². The Morgan fingerprint density at radius 3 is 2.41 bits per heavy atom. The first kappa shape index (κ1) is 25.3. The second kappa shape index (κ2) is 12.2. The zero-order valence-electron chi connectivity index (χ0n) is 20.1. The van der Waals surface area contributed by atoms with Gasteiger partial charge in [-0.1, -0.05) is 56.2 Å². The van der Waals surface area contributed by atoms with Gasteiger partial charge in [-0.2, -0.15) is 0 Å². The van der Waals surface area contributed by atoms with Crippen LogP contribution in [0.2, 0.25) is 0 Å². The molecule has 0 bridgehead atoms. The highest BCUT2D eigenvalue weighted by Crippen LogP contribution is 2.42. The third kappa shape index (κ3) is 5.59. The molecule has 0 aliphatic carbocycles. The molecule has 1 aliphatic rings. The largest absolute Gasteiger partial charge is 0.507 e. The molecule has 1 aliphatic heterocycles.